The molecular formula is C21H23N5O2. The number of anilines is 1. The number of amides is 1. The smallest absolute Gasteiger partial charge is 0.238 e. The minimum absolute atomic E-state index is 0.108. The van der Waals surface area contributed by atoms with E-state index in [1.54, 1.807) is 22.9 Å². The van der Waals surface area contributed by atoms with Crippen molar-refractivity contribution in [3.63, 3.8) is 0 Å². The van der Waals surface area contributed by atoms with Gasteiger partial charge in [-0.25, -0.2) is 4.68 Å². The molecule has 28 heavy (non-hydrogen) atoms. The molecule has 1 N–H and O–H groups in total. The van der Waals surface area contributed by atoms with Gasteiger partial charge >= 0.3 is 0 Å². The van der Waals surface area contributed by atoms with Crippen LogP contribution in [0.3, 0.4) is 0 Å². The van der Waals surface area contributed by atoms with E-state index in [0.717, 1.165) is 42.8 Å². The van der Waals surface area contributed by atoms with Gasteiger partial charge in [-0.3, -0.25) is 4.79 Å². The van der Waals surface area contributed by atoms with E-state index in [0.29, 0.717) is 17.4 Å². The summed E-state index contributed by atoms with van der Waals surface area (Å²) in [6.07, 6.45) is 4.26. The van der Waals surface area contributed by atoms with Crippen molar-refractivity contribution in [2.24, 2.45) is 5.92 Å². The zero-order chi connectivity index (χ0) is 19.5. The summed E-state index contributed by atoms with van der Waals surface area (Å²) >= 11 is 0. The summed E-state index contributed by atoms with van der Waals surface area (Å²) in [5.41, 5.74) is 2.70. The number of nitrogens with one attached hydrogen (secondary N) is 1. The lowest BCUT2D eigenvalue weighted by atomic mass is 10.1. The number of hydrogen-bond acceptors (Lipinski definition) is 5. The van der Waals surface area contributed by atoms with Gasteiger partial charge in [0.1, 0.15) is 5.75 Å². The van der Waals surface area contributed by atoms with Crippen LogP contribution in [-0.2, 0) is 4.79 Å². The maximum Gasteiger partial charge on any atom is 0.238 e. The molecule has 0 saturated heterocycles. The summed E-state index contributed by atoms with van der Waals surface area (Å²) in [7, 11) is 0. The van der Waals surface area contributed by atoms with E-state index in [4.69, 9.17) is 4.74 Å². The molecule has 1 fully saturated rings. The monoisotopic (exact) mass is 377 g/mol. The molecule has 7 heteroatoms. The Morgan fingerprint density at radius 3 is 2.43 bits per heavy atom. The van der Waals surface area contributed by atoms with Crippen LogP contribution in [-0.4, -0.2) is 25.9 Å². The van der Waals surface area contributed by atoms with E-state index >= 15 is 0 Å². The second-order valence-electron chi connectivity index (χ2n) is 7.17. The number of ether oxygens (including phenoxy) is 1. The van der Waals surface area contributed by atoms with Crippen molar-refractivity contribution in [3.8, 4) is 17.4 Å². The van der Waals surface area contributed by atoms with Gasteiger partial charge in [0.2, 0.25) is 11.8 Å². The fraction of sp³-hybridized carbons (Fsp3) is 0.333. The minimum atomic E-state index is 0.108. The van der Waals surface area contributed by atoms with Crippen LogP contribution < -0.4 is 10.1 Å². The molecule has 0 spiro atoms. The predicted molar refractivity (Wildman–Crippen MR) is 106 cm³/mol. The van der Waals surface area contributed by atoms with E-state index in [1.807, 2.05) is 38.1 Å². The number of rotatable bonds is 5. The van der Waals surface area contributed by atoms with Gasteiger partial charge in [-0.1, -0.05) is 12.8 Å². The Hall–Kier alpha value is -3.22. The van der Waals surface area contributed by atoms with E-state index < -0.39 is 0 Å². The van der Waals surface area contributed by atoms with Crippen LogP contribution in [0.2, 0.25) is 0 Å². The Balaban J connectivity index is 1.39. The molecule has 0 radical (unpaired) electrons. The van der Waals surface area contributed by atoms with Crippen molar-refractivity contribution < 1.29 is 9.53 Å². The Morgan fingerprint density at radius 2 is 1.82 bits per heavy atom. The fourth-order valence-electron chi connectivity index (χ4n) is 3.50. The average molecular weight is 377 g/mol. The van der Waals surface area contributed by atoms with E-state index in [1.165, 1.54) is 0 Å². The van der Waals surface area contributed by atoms with Gasteiger partial charge in [-0.2, -0.15) is 5.10 Å². The summed E-state index contributed by atoms with van der Waals surface area (Å²) in [6, 6.07) is 12.8. The molecule has 0 atom stereocenters. The predicted octanol–water partition coefficient (Wildman–Crippen LogP) is 4.20. The number of aryl methyl sites for hydroxylation is 2. The molecule has 1 amide bonds. The average Bonchev–Trinajstić information content (AvgIpc) is 3.34. The van der Waals surface area contributed by atoms with Crippen LogP contribution >= 0.6 is 0 Å². The van der Waals surface area contributed by atoms with E-state index in [9.17, 15) is 4.79 Å². The maximum absolute atomic E-state index is 12.2. The molecule has 2 aromatic heterocycles. The lowest BCUT2D eigenvalue weighted by Gasteiger charge is -2.11. The number of carbonyl (C=O) groups is 1. The third-order valence-electron chi connectivity index (χ3n) is 4.92. The minimum Gasteiger partial charge on any atom is -0.438 e. The maximum atomic E-state index is 12.2. The van der Waals surface area contributed by atoms with Crippen LogP contribution in [0.1, 0.15) is 37.1 Å². The van der Waals surface area contributed by atoms with Gasteiger partial charge < -0.3 is 10.1 Å². The fourth-order valence-corrected chi connectivity index (χ4v) is 3.50. The molecule has 7 nitrogen and oxygen atoms in total. The molecule has 4 rings (SSSR count). The number of benzene rings is 1. The van der Waals surface area contributed by atoms with Gasteiger partial charge in [0.25, 0.3) is 0 Å². The van der Waals surface area contributed by atoms with E-state index in [2.05, 4.69) is 20.6 Å². The first-order valence-electron chi connectivity index (χ1n) is 9.54. The highest BCUT2D eigenvalue weighted by atomic mass is 16.5. The zero-order valence-corrected chi connectivity index (χ0v) is 16.1. The Labute approximate surface area is 163 Å². The second-order valence-corrected chi connectivity index (χ2v) is 7.17. The second kappa shape index (κ2) is 7.80. The Bertz CT molecular complexity index is 957. The highest BCUT2D eigenvalue weighted by Crippen LogP contribution is 2.27. The summed E-state index contributed by atoms with van der Waals surface area (Å²) in [6.45, 7) is 3.91. The van der Waals surface area contributed by atoms with Crippen molar-refractivity contribution in [2.45, 2.75) is 39.5 Å². The molecule has 3 aromatic rings. The van der Waals surface area contributed by atoms with Gasteiger partial charge in [-0.15, -0.1) is 10.2 Å². The summed E-state index contributed by atoms with van der Waals surface area (Å²) in [5.74, 6) is 1.92. The van der Waals surface area contributed by atoms with Gasteiger partial charge in [-0.05, 0) is 63.1 Å². The molecule has 1 aromatic carbocycles. The largest absolute Gasteiger partial charge is 0.438 e. The van der Waals surface area contributed by atoms with Gasteiger partial charge in [0.15, 0.2) is 5.82 Å². The van der Waals surface area contributed by atoms with Gasteiger partial charge in [0.05, 0.1) is 5.69 Å². The normalized spacial score (nSPS) is 14.2. The molecule has 1 saturated carbocycles. The Kier molecular flexibility index (Phi) is 5.06. The quantitative estimate of drug-likeness (QED) is 0.721. The third kappa shape index (κ3) is 4.03. The molecule has 0 unspecified atom stereocenters. The topological polar surface area (TPSA) is 81.9 Å². The van der Waals surface area contributed by atoms with Crippen molar-refractivity contribution in [1.82, 2.24) is 20.0 Å². The number of aromatic nitrogens is 4. The molecule has 2 heterocycles. The lowest BCUT2D eigenvalue weighted by molar-refractivity contribution is -0.119. The summed E-state index contributed by atoms with van der Waals surface area (Å²) in [5, 5.41) is 15.7. The number of nitrogens with zero attached hydrogens (tertiary/aromatic N) is 4. The van der Waals surface area contributed by atoms with Crippen LogP contribution in [0.5, 0.6) is 11.6 Å². The van der Waals surface area contributed by atoms with E-state index in [-0.39, 0.29) is 11.8 Å². The third-order valence-corrected chi connectivity index (χ3v) is 4.92. The summed E-state index contributed by atoms with van der Waals surface area (Å²) in [4.78, 5) is 12.2. The Morgan fingerprint density at radius 1 is 1.07 bits per heavy atom. The van der Waals surface area contributed by atoms with Crippen LogP contribution in [0, 0.1) is 19.8 Å². The SMILES string of the molecule is Cc1cc(C)n(-c2ccc(Oc3ccc(NC(=O)C4CCCC4)cc3)nn2)n1. The first kappa shape index (κ1) is 18.2. The molecule has 1 aliphatic rings. The van der Waals surface area contributed by atoms with Crippen LogP contribution in [0.4, 0.5) is 5.69 Å². The zero-order valence-electron chi connectivity index (χ0n) is 16.1. The molecule has 0 bridgehead atoms. The highest BCUT2D eigenvalue weighted by Gasteiger charge is 2.22. The van der Waals surface area contributed by atoms with Crippen molar-refractivity contribution >= 4 is 11.6 Å². The molecule has 1 aliphatic carbocycles. The van der Waals surface area contributed by atoms with Crippen molar-refractivity contribution in [1.29, 1.82) is 0 Å². The van der Waals surface area contributed by atoms with Crippen LogP contribution in [0.15, 0.2) is 42.5 Å². The standard InChI is InChI=1S/C21H23N5O2/c1-14-13-15(2)26(25-14)19-11-12-20(24-23-19)28-18-9-7-17(8-10-18)22-21(27)16-5-3-4-6-16/h7-13,16H,3-6H2,1-2H3,(H,22,27). The summed E-state index contributed by atoms with van der Waals surface area (Å²) < 4.78 is 7.49. The molecular weight excluding hydrogens is 354 g/mol. The van der Waals surface area contributed by atoms with Crippen LogP contribution in [0.25, 0.3) is 5.82 Å². The van der Waals surface area contributed by atoms with Crippen molar-refractivity contribution in [3.05, 3.63) is 53.9 Å². The number of hydrogen-bond donors (Lipinski definition) is 1. The first-order valence-corrected chi connectivity index (χ1v) is 9.54. The highest BCUT2D eigenvalue weighted by molar-refractivity contribution is 5.92. The van der Waals surface area contributed by atoms with Gasteiger partial charge in [0, 0.05) is 23.4 Å². The molecule has 0 aliphatic heterocycles. The van der Waals surface area contributed by atoms with Crippen molar-refractivity contribution in [2.75, 3.05) is 5.32 Å². The molecule has 144 valence electrons. The first-order chi connectivity index (χ1) is 13.6. The lowest BCUT2D eigenvalue weighted by Crippen LogP contribution is -2.20. The number of carbonyl (C=O) groups excluding carboxylic acids is 1.